The molecule has 414 valence electrons. The lowest BCUT2D eigenvalue weighted by Crippen LogP contribution is -2.57. The fourth-order valence-corrected chi connectivity index (χ4v) is 9.66. The van der Waals surface area contributed by atoms with Crippen LogP contribution in [0.15, 0.2) is 60.4 Å². The highest BCUT2D eigenvalue weighted by Crippen LogP contribution is 2.33. The summed E-state index contributed by atoms with van der Waals surface area (Å²) in [5, 5.41) is 30.6. The van der Waals surface area contributed by atoms with Crippen molar-refractivity contribution in [3.05, 3.63) is 88.4 Å². The fourth-order valence-electron chi connectivity index (χ4n) is 8.85. The highest BCUT2D eigenvalue weighted by atomic mass is 32.1. The van der Waals surface area contributed by atoms with E-state index in [1.807, 2.05) is 113 Å². The molecule has 5 aromatic rings. The molecule has 77 heavy (non-hydrogen) atoms. The molecule has 5 amide bonds. The fraction of sp³-hybridized carbons (Fsp3) is 0.519. The van der Waals surface area contributed by atoms with Crippen molar-refractivity contribution in [2.75, 3.05) is 76.1 Å². The summed E-state index contributed by atoms with van der Waals surface area (Å²) < 4.78 is 18.7. The smallest absolute Gasteiger partial charge is 0.260 e. The molecule has 0 radical (unpaired) electrons. The van der Waals surface area contributed by atoms with Crippen molar-refractivity contribution < 1.29 is 43.3 Å². The van der Waals surface area contributed by atoms with E-state index in [4.69, 9.17) is 24.2 Å². The van der Waals surface area contributed by atoms with E-state index in [9.17, 15) is 29.1 Å². The predicted octanol–water partition coefficient (Wildman–Crippen LogP) is 3.65. The number of aromatic nitrogens is 6. The third kappa shape index (κ3) is 15.3. The van der Waals surface area contributed by atoms with E-state index >= 15 is 0 Å². The Kier molecular flexibility index (Phi) is 20.3. The number of aryl methyl sites for hydroxylation is 2. The number of benzene rings is 1. The first-order chi connectivity index (χ1) is 36.9. The first-order valence-corrected chi connectivity index (χ1v) is 27.0. The van der Waals surface area contributed by atoms with Crippen molar-refractivity contribution in [1.29, 1.82) is 0 Å². The zero-order chi connectivity index (χ0) is 55.2. The number of hydrogen-bond acceptors (Lipinski definition) is 17. The van der Waals surface area contributed by atoms with Gasteiger partial charge in [0.2, 0.25) is 23.6 Å². The predicted molar refractivity (Wildman–Crippen MR) is 291 cm³/mol. The normalized spacial score (nSPS) is 15.7. The number of aliphatic hydroxyl groups is 1. The molecule has 3 atom stereocenters. The molecule has 6 heterocycles. The molecule has 23 heteroatoms. The lowest BCUT2D eigenvalue weighted by molar-refractivity contribution is -0.144. The minimum atomic E-state index is -0.951. The van der Waals surface area contributed by atoms with E-state index in [0.717, 1.165) is 27.3 Å². The van der Waals surface area contributed by atoms with Gasteiger partial charge in [-0.05, 0) is 62.4 Å². The van der Waals surface area contributed by atoms with E-state index in [0.29, 0.717) is 60.7 Å². The van der Waals surface area contributed by atoms with Gasteiger partial charge in [-0.15, -0.1) is 21.5 Å². The number of fused-ring (bicyclic) bond motifs is 1. The average Bonchev–Trinajstić information content (AvgIpc) is 4.26. The second-order valence-corrected chi connectivity index (χ2v) is 21.2. The summed E-state index contributed by atoms with van der Waals surface area (Å²) in [6, 6.07) is 13.4. The van der Waals surface area contributed by atoms with E-state index in [1.54, 1.807) is 28.6 Å². The van der Waals surface area contributed by atoms with E-state index in [1.165, 1.54) is 4.90 Å². The van der Waals surface area contributed by atoms with Crippen LogP contribution in [0.3, 0.4) is 0 Å². The number of thiazole rings is 1. The highest BCUT2D eigenvalue weighted by molar-refractivity contribution is 7.13. The van der Waals surface area contributed by atoms with Gasteiger partial charge in [0.25, 0.3) is 5.91 Å². The molecule has 4 aromatic heterocycles. The summed E-state index contributed by atoms with van der Waals surface area (Å²) in [5.41, 5.74) is 6.60. The summed E-state index contributed by atoms with van der Waals surface area (Å²) in [6.45, 7) is 16.8. The van der Waals surface area contributed by atoms with E-state index in [2.05, 4.69) is 36.4 Å². The largest absolute Gasteiger partial charge is 0.391 e. The van der Waals surface area contributed by atoms with Gasteiger partial charge in [-0.1, -0.05) is 51.1 Å². The van der Waals surface area contributed by atoms with Gasteiger partial charge in [-0.2, -0.15) is 0 Å². The van der Waals surface area contributed by atoms with Crippen molar-refractivity contribution >= 4 is 52.5 Å². The minimum absolute atomic E-state index is 0.0000892. The van der Waals surface area contributed by atoms with Crippen molar-refractivity contribution in [1.82, 2.24) is 55.9 Å². The van der Waals surface area contributed by atoms with Crippen LogP contribution < -0.4 is 31.1 Å². The van der Waals surface area contributed by atoms with Crippen LogP contribution in [-0.2, 0) is 59.6 Å². The number of nitrogens with zero attached hydrogens (tertiary/aromatic N) is 9. The zero-order valence-corrected chi connectivity index (χ0v) is 46.2. The van der Waals surface area contributed by atoms with Crippen LogP contribution in [0.5, 0.6) is 0 Å². The second-order valence-electron chi connectivity index (χ2n) is 20.4. The average molecular weight is 1080 g/mol. The Hall–Kier alpha value is -6.76. The van der Waals surface area contributed by atoms with Gasteiger partial charge in [0, 0.05) is 64.2 Å². The SMILES string of the molecule is CCn1cnnc1-c1cccc(N2Cc3c(cc(N(C)C(C)C)nc3CNCC(=O)NCCOCCOCCOCCC(=O)N[C@H](C(=O)N3C[C@H](O)C[C@H]3C(=O)NCc3ccc(-c4scnc4C)cc3)C(C)(C)C)C2=O)n1. The van der Waals surface area contributed by atoms with Crippen LogP contribution in [0.25, 0.3) is 22.0 Å². The summed E-state index contributed by atoms with van der Waals surface area (Å²) in [5.74, 6) is 0.156. The van der Waals surface area contributed by atoms with Gasteiger partial charge >= 0.3 is 0 Å². The first-order valence-electron chi connectivity index (χ1n) is 26.1. The van der Waals surface area contributed by atoms with Gasteiger partial charge < -0.3 is 55.0 Å². The number of aliphatic hydroxyl groups excluding tert-OH is 1. The Bertz CT molecular complexity index is 2820. The number of carbonyl (C=O) groups excluding carboxylic acids is 5. The van der Waals surface area contributed by atoms with Crippen LogP contribution in [0.1, 0.15) is 87.3 Å². The molecule has 0 spiro atoms. The number of nitrogens with one attached hydrogen (secondary N) is 4. The number of rotatable bonds is 27. The molecule has 0 aliphatic carbocycles. The Morgan fingerprint density at radius 3 is 2.35 bits per heavy atom. The topological polar surface area (TPSA) is 260 Å². The number of carbonyl (C=O) groups is 5. The number of anilines is 2. The van der Waals surface area contributed by atoms with Crippen molar-refractivity contribution in [2.24, 2.45) is 5.41 Å². The zero-order valence-electron chi connectivity index (χ0n) is 45.3. The summed E-state index contributed by atoms with van der Waals surface area (Å²) in [6.07, 6.45) is 0.863. The van der Waals surface area contributed by atoms with Gasteiger partial charge in [0.05, 0.1) is 86.2 Å². The molecule has 1 saturated heterocycles. The number of amides is 5. The van der Waals surface area contributed by atoms with Crippen LogP contribution >= 0.6 is 11.3 Å². The molecule has 7 rings (SSSR count). The molecule has 0 bridgehead atoms. The van der Waals surface area contributed by atoms with Crippen molar-refractivity contribution in [2.45, 2.75) is 112 Å². The van der Waals surface area contributed by atoms with E-state index in [-0.39, 0.29) is 102 Å². The quantitative estimate of drug-likeness (QED) is 0.0470. The first kappa shape index (κ1) is 57.9. The highest BCUT2D eigenvalue weighted by Gasteiger charge is 2.44. The molecule has 2 aliphatic rings. The summed E-state index contributed by atoms with van der Waals surface area (Å²) >= 11 is 1.57. The Labute approximate surface area is 453 Å². The maximum Gasteiger partial charge on any atom is 0.260 e. The summed E-state index contributed by atoms with van der Waals surface area (Å²) in [7, 11) is 1.93. The third-order valence-electron chi connectivity index (χ3n) is 13.4. The minimum Gasteiger partial charge on any atom is -0.391 e. The second kappa shape index (κ2) is 27.0. The van der Waals surface area contributed by atoms with Crippen LogP contribution in [0, 0.1) is 12.3 Å². The number of β-amino-alcohol motifs (C(OH)–C–C–N with tert-alkyl or cyclic N) is 1. The van der Waals surface area contributed by atoms with Crippen LogP contribution in [0.2, 0.25) is 0 Å². The lowest BCUT2D eigenvalue weighted by atomic mass is 9.85. The van der Waals surface area contributed by atoms with E-state index < -0.39 is 29.5 Å². The van der Waals surface area contributed by atoms with Crippen LogP contribution in [-0.4, -0.2) is 160 Å². The molecular formula is C54H73N13O9S. The van der Waals surface area contributed by atoms with Gasteiger partial charge in [-0.3, -0.25) is 28.9 Å². The Morgan fingerprint density at radius 1 is 0.935 bits per heavy atom. The number of hydrogen-bond donors (Lipinski definition) is 5. The van der Waals surface area contributed by atoms with Crippen molar-refractivity contribution in [3.63, 3.8) is 0 Å². The maximum atomic E-state index is 14.0. The lowest BCUT2D eigenvalue weighted by Gasteiger charge is -2.35. The number of pyridine rings is 2. The standard InChI is InChI=1S/C54H73N13O9S/c1-9-65-32-59-63-50(65)41-11-10-12-44(60-41)67-31-40-39(52(67)72)26-45(64(8)34(2)3)61-42(40)28-55-29-47(70)56-18-20-75-22-24-76-23-21-74-19-17-46(69)62-49(54(5,6)7)53(73)66-30-38(68)25-43(66)51(71)57-27-36-13-15-37(16-14-36)48-35(4)58-33-77-48/h10-16,26,32-34,38,43,49,55,68H,9,17-25,27-31H2,1-8H3,(H,56,70)(H,57,71)(H,62,69)/t38-,43+,49-/m1/s1. The van der Waals surface area contributed by atoms with Crippen LogP contribution in [0.4, 0.5) is 11.6 Å². The molecule has 0 saturated carbocycles. The molecule has 22 nitrogen and oxygen atoms in total. The molecule has 1 aromatic carbocycles. The third-order valence-corrected chi connectivity index (χ3v) is 14.4. The number of likely N-dealkylation sites (tertiary alicyclic amines) is 1. The molecule has 1 fully saturated rings. The maximum absolute atomic E-state index is 14.0. The Morgan fingerprint density at radius 2 is 1.66 bits per heavy atom. The van der Waals surface area contributed by atoms with Gasteiger partial charge in [0.1, 0.15) is 35.7 Å². The van der Waals surface area contributed by atoms with Gasteiger partial charge in [0.15, 0.2) is 5.82 Å². The summed E-state index contributed by atoms with van der Waals surface area (Å²) in [4.78, 5) is 87.4. The number of ether oxygens (including phenoxy) is 3. The molecular weight excluding hydrogens is 1010 g/mol. The van der Waals surface area contributed by atoms with Crippen molar-refractivity contribution in [3.8, 4) is 22.0 Å². The molecule has 5 N–H and O–H groups in total. The Balaban J connectivity index is 0.759. The van der Waals surface area contributed by atoms with Gasteiger partial charge in [-0.25, -0.2) is 15.0 Å². The molecule has 2 aliphatic heterocycles. The monoisotopic (exact) mass is 1080 g/mol. The molecule has 0 unspecified atom stereocenters.